The van der Waals surface area contributed by atoms with Gasteiger partial charge in [0.05, 0.1) is 0 Å². The van der Waals surface area contributed by atoms with Gasteiger partial charge in [-0.1, -0.05) is 30.3 Å². The van der Waals surface area contributed by atoms with Crippen LogP contribution in [0.3, 0.4) is 0 Å². The Balaban J connectivity index is 1.52. The average molecular weight is 538 g/mol. The lowest BCUT2D eigenvalue weighted by Gasteiger charge is -2.44. The van der Waals surface area contributed by atoms with Crippen LogP contribution in [0.2, 0.25) is 0 Å². The molecule has 5 rings (SSSR count). The van der Waals surface area contributed by atoms with Crippen molar-refractivity contribution in [3.63, 3.8) is 0 Å². The van der Waals surface area contributed by atoms with Crippen molar-refractivity contribution < 1.29 is 36.6 Å². The summed E-state index contributed by atoms with van der Waals surface area (Å²) < 4.78 is 74.2. The Kier molecular flexibility index (Phi) is 7.05. The molecule has 2 aromatic rings. The number of aliphatic hydroxyl groups is 1. The van der Waals surface area contributed by atoms with Gasteiger partial charge in [0.25, 0.3) is 5.91 Å². The fourth-order valence-electron chi connectivity index (χ4n) is 6.66. The van der Waals surface area contributed by atoms with Gasteiger partial charge in [0, 0.05) is 31.2 Å². The topological polar surface area (TPSA) is 49.8 Å². The number of carbonyl (C=O) groups excluding carboxylic acids is 1. The van der Waals surface area contributed by atoms with Crippen molar-refractivity contribution in [2.45, 2.75) is 74.9 Å². The minimum absolute atomic E-state index is 0.189. The van der Waals surface area contributed by atoms with Crippen LogP contribution in [0.1, 0.15) is 54.9 Å². The van der Waals surface area contributed by atoms with E-state index in [-0.39, 0.29) is 23.7 Å². The van der Waals surface area contributed by atoms with Crippen LogP contribution in [0.15, 0.2) is 42.5 Å². The van der Waals surface area contributed by atoms with E-state index in [1.807, 2.05) is 0 Å². The van der Waals surface area contributed by atoms with Crippen molar-refractivity contribution in [3.05, 3.63) is 70.5 Å². The smallest absolute Gasteiger partial charge is 0.383 e. The Bertz CT molecular complexity index is 1180. The third-order valence-corrected chi connectivity index (χ3v) is 8.90. The fraction of sp³-hybridized carbons (Fsp3) is 0.552. The van der Waals surface area contributed by atoms with Crippen LogP contribution in [-0.2, 0) is 33.5 Å². The summed E-state index contributed by atoms with van der Waals surface area (Å²) in [7, 11) is 0. The molecular weight excluding hydrogens is 505 g/mol. The fourth-order valence-corrected chi connectivity index (χ4v) is 6.66. The van der Waals surface area contributed by atoms with Gasteiger partial charge in [-0.2, -0.15) is 13.2 Å². The summed E-state index contributed by atoms with van der Waals surface area (Å²) in [4.78, 5) is 15.3. The lowest BCUT2D eigenvalue weighted by atomic mass is 9.63. The number of fused-ring (bicyclic) bond motifs is 3. The first-order valence-corrected chi connectivity index (χ1v) is 13.1. The summed E-state index contributed by atoms with van der Waals surface area (Å²) in [6, 6.07) is 9.85. The van der Waals surface area contributed by atoms with E-state index in [0.29, 0.717) is 70.8 Å². The normalized spacial score (nSPS) is 26.4. The molecule has 2 unspecified atom stereocenters. The van der Waals surface area contributed by atoms with Gasteiger partial charge in [-0.25, -0.2) is 8.78 Å². The summed E-state index contributed by atoms with van der Waals surface area (Å²) in [5.41, 5.74) is -2.34. The predicted octanol–water partition coefficient (Wildman–Crippen LogP) is 5.39. The van der Waals surface area contributed by atoms with E-state index in [1.54, 1.807) is 23.1 Å². The molecule has 2 aromatic carbocycles. The molecule has 0 aromatic heterocycles. The second-order valence-electron chi connectivity index (χ2n) is 11.1. The predicted molar refractivity (Wildman–Crippen MR) is 131 cm³/mol. The Morgan fingerprint density at radius 3 is 2.45 bits per heavy atom. The molecule has 206 valence electrons. The van der Waals surface area contributed by atoms with Crippen LogP contribution in [0, 0.1) is 11.7 Å². The van der Waals surface area contributed by atoms with Crippen LogP contribution in [0.5, 0.6) is 0 Å². The van der Waals surface area contributed by atoms with E-state index in [1.165, 1.54) is 24.3 Å². The molecule has 2 heterocycles. The summed E-state index contributed by atoms with van der Waals surface area (Å²) in [5, 5.41) is 11.0. The third kappa shape index (κ3) is 4.62. The summed E-state index contributed by atoms with van der Waals surface area (Å²) in [6.07, 6.45) is -3.20. The summed E-state index contributed by atoms with van der Waals surface area (Å²) in [6.45, 7) is 1.90. The standard InChI is InChI=1S/C29H32F5NO3/c1-27(31,29(32,33)34)21-5-8-23-20(16-21)4-9-24-28(23,17-18-2-6-22(30)7-3-18)12-13-35(24)26(37)25(36)19-10-14-38-15-11-19/h2-3,5-8,16,19,24-25,36H,4,9-15,17H2,1H3/t24-,25?,27?,28-/m1/s1. The van der Waals surface area contributed by atoms with Crippen molar-refractivity contribution >= 4 is 5.91 Å². The average Bonchev–Trinajstić information content (AvgIpc) is 3.28. The van der Waals surface area contributed by atoms with Gasteiger partial charge in [-0.05, 0) is 85.8 Å². The van der Waals surface area contributed by atoms with E-state index < -0.39 is 28.9 Å². The molecule has 0 saturated carbocycles. The largest absolute Gasteiger partial charge is 0.426 e. The van der Waals surface area contributed by atoms with Gasteiger partial charge in [-0.15, -0.1) is 0 Å². The van der Waals surface area contributed by atoms with Crippen LogP contribution in [0.4, 0.5) is 22.0 Å². The molecule has 1 amide bonds. The number of rotatable bonds is 5. The highest BCUT2D eigenvalue weighted by Gasteiger charge is 2.56. The zero-order valence-electron chi connectivity index (χ0n) is 21.2. The van der Waals surface area contributed by atoms with E-state index >= 15 is 0 Å². The minimum Gasteiger partial charge on any atom is -0.383 e. The number of carbonyl (C=O) groups is 1. The summed E-state index contributed by atoms with van der Waals surface area (Å²) >= 11 is 0. The number of ether oxygens (including phenoxy) is 1. The van der Waals surface area contributed by atoms with Gasteiger partial charge in [0.15, 0.2) is 0 Å². The molecule has 2 aliphatic heterocycles. The lowest BCUT2D eigenvalue weighted by Crippen LogP contribution is -2.52. The highest BCUT2D eigenvalue weighted by atomic mass is 19.4. The maximum absolute atomic E-state index is 14.8. The van der Waals surface area contributed by atoms with E-state index in [2.05, 4.69) is 0 Å². The number of benzene rings is 2. The van der Waals surface area contributed by atoms with Gasteiger partial charge in [0.1, 0.15) is 11.9 Å². The lowest BCUT2D eigenvalue weighted by molar-refractivity contribution is -0.228. The molecule has 3 aliphatic rings. The highest BCUT2D eigenvalue weighted by Crippen LogP contribution is 2.51. The molecule has 0 radical (unpaired) electrons. The minimum atomic E-state index is -5.05. The second-order valence-corrected chi connectivity index (χ2v) is 11.1. The number of alkyl halides is 4. The van der Waals surface area contributed by atoms with Crippen molar-refractivity contribution in [2.75, 3.05) is 19.8 Å². The molecule has 1 N–H and O–H groups in total. The van der Waals surface area contributed by atoms with Crippen LogP contribution < -0.4 is 0 Å². The Labute approximate surface area is 218 Å². The number of aliphatic hydroxyl groups excluding tert-OH is 1. The van der Waals surface area contributed by atoms with Crippen LogP contribution in [0.25, 0.3) is 0 Å². The van der Waals surface area contributed by atoms with Gasteiger partial charge >= 0.3 is 6.18 Å². The quantitative estimate of drug-likeness (QED) is 0.521. The number of nitrogens with zero attached hydrogens (tertiary/aromatic N) is 1. The number of aryl methyl sites for hydroxylation is 1. The van der Waals surface area contributed by atoms with E-state index in [9.17, 15) is 31.9 Å². The zero-order chi connectivity index (χ0) is 27.3. The molecule has 4 nitrogen and oxygen atoms in total. The Morgan fingerprint density at radius 2 is 1.79 bits per heavy atom. The highest BCUT2D eigenvalue weighted by molar-refractivity contribution is 5.82. The van der Waals surface area contributed by atoms with Crippen molar-refractivity contribution in [1.82, 2.24) is 4.90 Å². The first-order valence-electron chi connectivity index (χ1n) is 13.1. The molecule has 2 fully saturated rings. The number of amides is 1. The second kappa shape index (κ2) is 9.90. The number of hydrogen-bond donors (Lipinski definition) is 1. The zero-order valence-corrected chi connectivity index (χ0v) is 21.2. The molecule has 2 saturated heterocycles. The molecule has 0 spiro atoms. The molecule has 38 heavy (non-hydrogen) atoms. The molecule has 4 atom stereocenters. The monoisotopic (exact) mass is 537 g/mol. The summed E-state index contributed by atoms with van der Waals surface area (Å²) in [5.74, 6) is -0.906. The number of hydrogen-bond acceptors (Lipinski definition) is 3. The van der Waals surface area contributed by atoms with Crippen molar-refractivity contribution in [3.8, 4) is 0 Å². The van der Waals surface area contributed by atoms with Crippen molar-refractivity contribution in [1.29, 1.82) is 0 Å². The molecule has 1 aliphatic carbocycles. The van der Waals surface area contributed by atoms with Crippen molar-refractivity contribution in [2.24, 2.45) is 5.92 Å². The number of likely N-dealkylation sites (tertiary alicyclic amines) is 1. The maximum Gasteiger partial charge on any atom is 0.426 e. The maximum atomic E-state index is 14.8. The van der Waals surface area contributed by atoms with E-state index in [0.717, 1.165) is 11.1 Å². The number of halogens is 5. The molecule has 9 heteroatoms. The van der Waals surface area contributed by atoms with Gasteiger partial charge in [0.2, 0.25) is 5.67 Å². The van der Waals surface area contributed by atoms with E-state index in [4.69, 9.17) is 4.74 Å². The first kappa shape index (κ1) is 27.1. The van der Waals surface area contributed by atoms with Crippen LogP contribution in [-0.4, -0.2) is 54.0 Å². The Morgan fingerprint density at radius 1 is 1.11 bits per heavy atom. The molecular formula is C29H32F5NO3. The Hall–Kier alpha value is -2.52. The molecule has 0 bridgehead atoms. The van der Waals surface area contributed by atoms with Crippen LogP contribution >= 0.6 is 0 Å². The SMILES string of the molecule is CC(F)(c1ccc2c(c1)CC[C@H]1N(C(=O)C(O)C3CCOCC3)CC[C@@]21Cc1ccc(F)cc1)C(F)(F)F. The first-order chi connectivity index (χ1) is 17.9. The van der Waals surface area contributed by atoms with Gasteiger partial charge < -0.3 is 14.7 Å². The third-order valence-electron chi connectivity index (χ3n) is 8.90. The van der Waals surface area contributed by atoms with Gasteiger partial charge in [-0.3, -0.25) is 4.79 Å².